The molecule has 0 unspecified atom stereocenters. The number of hydrazone groups is 1. The Labute approximate surface area is 197 Å². The molecule has 33 heavy (non-hydrogen) atoms. The van der Waals surface area contributed by atoms with Crippen LogP contribution >= 0.6 is 11.8 Å². The monoisotopic (exact) mass is 463 g/mol. The van der Waals surface area contributed by atoms with Crippen molar-refractivity contribution in [1.82, 2.24) is 5.43 Å². The summed E-state index contributed by atoms with van der Waals surface area (Å²) in [5.41, 5.74) is 5.06. The number of nitrogens with one attached hydrogen (secondary N) is 2. The average Bonchev–Trinajstić information content (AvgIpc) is 2.83. The lowest BCUT2D eigenvalue weighted by Crippen LogP contribution is -2.20. The topological polar surface area (TPSA) is 89.0 Å². The minimum Gasteiger partial charge on any atom is -0.495 e. The zero-order valence-electron chi connectivity index (χ0n) is 18.4. The number of nitrogens with zero attached hydrogens (tertiary/aromatic N) is 1. The lowest BCUT2D eigenvalue weighted by Gasteiger charge is -2.10. The van der Waals surface area contributed by atoms with E-state index in [0.717, 1.165) is 10.5 Å². The molecule has 0 bridgehead atoms. The molecular formula is C25H25N3O4S. The van der Waals surface area contributed by atoms with Crippen molar-refractivity contribution >= 4 is 35.5 Å². The summed E-state index contributed by atoms with van der Waals surface area (Å²) in [5.74, 6) is 0.926. The molecule has 0 spiro atoms. The van der Waals surface area contributed by atoms with E-state index in [2.05, 4.69) is 15.8 Å². The van der Waals surface area contributed by atoms with Gasteiger partial charge in [0, 0.05) is 4.90 Å². The Kier molecular flexibility index (Phi) is 8.90. The van der Waals surface area contributed by atoms with Crippen LogP contribution in [0, 0.1) is 6.92 Å². The van der Waals surface area contributed by atoms with Gasteiger partial charge in [0.2, 0.25) is 5.91 Å². The molecule has 0 aliphatic rings. The van der Waals surface area contributed by atoms with Crippen molar-refractivity contribution in [1.29, 1.82) is 0 Å². The first kappa shape index (κ1) is 23.9. The molecule has 2 amide bonds. The van der Waals surface area contributed by atoms with Crippen LogP contribution in [-0.2, 0) is 9.59 Å². The summed E-state index contributed by atoms with van der Waals surface area (Å²) in [4.78, 5) is 25.1. The van der Waals surface area contributed by atoms with E-state index in [9.17, 15) is 9.59 Å². The minimum atomic E-state index is -0.295. The Morgan fingerprint density at radius 3 is 2.42 bits per heavy atom. The average molecular weight is 464 g/mol. The SMILES string of the molecule is COc1ccccc1NC(=O)COc1ccc(/C=N\NC(=O)CSc2ccc(C)cc2)cc1. The van der Waals surface area contributed by atoms with Crippen LogP contribution in [0.25, 0.3) is 0 Å². The lowest BCUT2D eigenvalue weighted by molar-refractivity contribution is -0.119. The highest BCUT2D eigenvalue weighted by Gasteiger charge is 2.07. The molecule has 0 saturated heterocycles. The zero-order valence-corrected chi connectivity index (χ0v) is 19.2. The van der Waals surface area contributed by atoms with Gasteiger partial charge in [-0.25, -0.2) is 5.43 Å². The van der Waals surface area contributed by atoms with Crippen LogP contribution in [0.2, 0.25) is 0 Å². The molecule has 3 rings (SSSR count). The maximum absolute atomic E-state index is 12.1. The lowest BCUT2D eigenvalue weighted by atomic mass is 10.2. The number of amides is 2. The molecule has 0 aliphatic carbocycles. The van der Waals surface area contributed by atoms with Gasteiger partial charge in [-0.05, 0) is 61.0 Å². The second kappa shape index (κ2) is 12.3. The molecule has 3 aromatic rings. The highest BCUT2D eigenvalue weighted by atomic mass is 32.2. The molecule has 2 N–H and O–H groups in total. The number of methoxy groups -OCH3 is 1. The molecule has 3 aromatic carbocycles. The smallest absolute Gasteiger partial charge is 0.262 e. The van der Waals surface area contributed by atoms with Gasteiger partial charge in [-0.15, -0.1) is 11.8 Å². The molecule has 0 heterocycles. The highest BCUT2D eigenvalue weighted by molar-refractivity contribution is 8.00. The largest absolute Gasteiger partial charge is 0.495 e. The number of anilines is 1. The molecule has 0 aliphatic heterocycles. The Bertz CT molecular complexity index is 1100. The molecule has 0 aromatic heterocycles. The Morgan fingerprint density at radius 1 is 0.970 bits per heavy atom. The fraction of sp³-hybridized carbons (Fsp3) is 0.160. The van der Waals surface area contributed by atoms with E-state index >= 15 is 0 Å². The van der Waals surface area contributed by atoms with E-state index in [1.807, 2.05) is 43.3 Å². The molecule has 0 atom stereocenters. The molecule has 8 heteroatoms. The quantitative estimate of drug-likeness (QED) is 0.266. The number of carbonyl (C=O) groups excluding carboxylic acids is 2. The first-order valence-electron chi connectivity index (χ1n) is 10.2. The summed E-state index contributed by atoms with van der Waals surface area (Å²) in [6.07, 6.45) is 1.55. The van der Waals surface area contributed by atoms with E-state index in [0.29, 0.717) is 17.2 Å². The van der Waals surface area contributed by atoms with Crippen molar-refractivity contribution in [3.05, 3.63) is 83.9 Å². The van der Waals surface area contributed by atoms with Crippen molar-refractivity contribution in [3.63, 3.8) is 0 Å². The normalized spacial score (nSPS) is 10.6. The number of aryl methyl sites for hydroxylation is 1. The molecule has 7 nitrogen and oxygen atoms in total. The Hall–Kier alpha value is -3.78. The summed E-state index contributed by atoms with van der Waals surface area (Å²) in [7, 11) is 1.54. The van der Waals surface area contributed by atoms with Crippen molar-refractivity contribution in [3.8, 4) is 11.5 Å². The number of para-hydroxylation sites is 2. The van der Waals surface area contributed by atoms with Gasteiger partial charge in [-0.1, -0.05) is 29.8 Å². The van der Waals surface area contributed by atoms with Crippen LogP contribution in [0.5, 0.6) is 11.5 Å². The van der Waals surface area contributed by atoms with Crippen LogP contribution < -0.4 is 20.2 Å². The summed E-state index contributed by atoms with van der Waals surface area (Å²) < 4.78 is 10.7. The standard InChI is InChI=1S/C25H25N3O4S/c1-18-7-13-21(14-8-18)33-17-25(30)28-26-15-19-9-11-20(12-10-19)32-16-24(29)27-22-5-3-4-6-23(22)31-2/h3-15H,16-17H2,1-2H3,(H,27,29)(H,28,30)/b26-15-. The second-order valence-electron chi connectivity index (χ2n) is 7.00. The number of hydrogen-bond acceptors (Lipinski definition) is 6. The number of hydrogen-bond donors (Lipinski definition) is 2. The first-order chi connectivity index (χ1) is 16.0. The number of rotatable bonds is 10. The number of ether oxygens (including phenoxy) is 2. The fourth-order valence-electron chi connectivity index (χ4n) is 2.73. The first-order valence-corrected chi connectivity index (χ1v) is 11.2. The van der Waals surface area contributed by atoms with E-state index in [4.69, 9.17) is 9.47 Å². The third-order valence-corrected chi connectivity index (χ3v) is 5.44. The van der Waals surface area contributed by atoms with Gasteiger partial charge in [-0.2, -0.15) is 5.10 Å². The fourth-order valence-corrected chi connectivity index (χ4v) is 3.42. The minimum absolute atomic E-state index is 0.139. The molecule has 0 fully saturated rings. The van der Waals surface area contributed by atoms with Gasteiger partial charge < -0.3 is 14.8 Å². The number of benzene rings is 3. The van der Waals surface area contributed by atoms with E-state index < -0.39 is 0 Å². The maximum atomic E-state index is 12.1. The van der Waals surface area contributed by atoms with Gasteiger partial charge in [0.15, 0.2) is 6.61 Å². The summed E-state index contributed by atoms with van der Waals surface area (Å²) in [6.45, 7) is 1.88. The van der Waals surface area contributed by atoms with Gasteiger partial charge in [0.1, 0.15) is 11.5 Å². The molecule has 170 valence electrons. The van der Waals surface area contributed by atoms with Crippen molar-refractivity contribution in [2.24, 2.45) is 5.10 Å². The van der Waals surface area contributed by atoms with Crippen LogP contribution in [0.15, 0.2) is 82.8 Å². The van der Waals surface area contributed by atoms with E-state index in [1.165, 1.54) is 17.3 Å². The summed E-state index contributed by atoms with van der Waals surface area (Å²) in [5, 5.41) is 6.73. The second-order valence-corrected chi connectivity index (χ2v) is 8.05. The third kappa shape index (κ3) is 8.01. The van der Waals surface area contributed by atoms with Gasteiger partial charge in [0.25, 0.3) is 5.91 Å². The van der Waals surface area contributed by atoms with Gasteiger partial charge >= 0.3 is 0 Å². The molecule has 0 radical (unpaired) electrons. The van der Waals surface area contributed by atoms with Crippen LogP contribution in [-0.4, -0.2) is 37.5 Å². The third-order valence-electron chi connectivity index (χ3n) is 4.42. The van der Waals surface area contributed by atoms with Crippen molar-refractivity contribution in [2.75, 3.05) is 24.8 Å². The van der Waals surface area contributed by atoms with E-state index in [1.54, 1.807) is 49.7 Å². The van der Waals surface area contributed by atoms with Crippen LogP contribution in [0.4, 0.5) is 5.69 Å². The molecular weight excluding hydrogens is 438 g/mol. The zero-order chi connectivity index (χ0) is 23.5. The number of carbonyl (C=O) groups is 2. The number of thioether (sulfide) groups is 1. The molecule has 0 saturated carbocycles. The van der Waals surface area contributed by atoms with Crippen LogP contribution in [0.3, 0.4) is 0 Å². The highest BCUT2D eigenvalue weighted by Crippen LogP contribution is 2.23. The summed E-state index contributed by atoms with van der Waals surface area (Å²) in [6, 6.07) is 22.2. The summed E-state index contributed by atoms with van der Waals surface area (Å²) >= 11 is 1.45. The van der Waals surface area contributed by atoms with E-state index in [-0.39, 0.29) is 24.2 Å². The predicted molar refractivity (Wildman–Crippen MR) is 131 cm³/mol. The van der Waals surface area contributed by atoms with Gasteiger partial charge in [-0.3, -0.25) is 9.59 Å². The van der Waals surface area contributed by atoms with Crippen LogP contribution in [0.1, 0.15) is 11.1 Å². The Balaban J connectivity index is 1.40. The maximum Gasteiger partial charge on any atom is 0.262 e. The van der Waals surface area contributed by atoms with Crippen molar-refractivity contribution in [2.45, 2.75) is 11.8 Å². The Morgan fingerprint density at radius 2 is 1.70 bits per heavy atom. The van der Waals surface area contributed by atoms with Gasteiger partial charge in [0.05, 0.1) is 24.8 Å². The van der Waals surface area contributed by atoms with Crippen molar-refractivity contribution < 1.29 is 19.1 Å². The predicted octanol–water partition coefficient (Wildman–Crippen LogP) is 4.26.